The van der Waals surface area contributed by atoms with Gasteiger partial charge in [0.1, 0.15) is 5.54 Å². The van der Waals surface area contributed by atoms with Crippen LogP contribution in [-0.2, 0) is 4.79 Å². The lowest BCUT2D eigenvalue weighted by Crippen LogP contribution is -2.61. The van der Waals surface area contributed by atoms with Crippen LogP contribution in [0.4, 0.5) is 5.69 Å². The highest BCUT2D eigenvalue weighted by molar-refractivity contribution is 14.1. The van der Waals surface area contributed by atoms with Crippen molar-refractivity contribution in [2.75, 3.05) is 5.32 Å². The van der Waals surface area contributed by atoms with E-state index in [1.807, 2.05) is 60.7 Å². The molecule has 38 heavy (non-hydrogen) atoms. The monoisotopic (exact) mass is 618 g/mol. The normalized spacial score (nSPS) is 17.1. The molecule has 0 spiro atoms. The molecule has 3 aromatic carbocycles. The van der Waals surface area contributed by atoms with Gasteiger partial charge < -0.3 is 10.6 Å². The van der Waals surface area contributed by atoms with E-state index in [1.165, 1.54) is 25.0 Å². The van der Waals surface area contributed by atoms with Crippen molar-refractivity contribution >= 4 is 51.0 Å². The van der Waals surface area contributed by atoms with E-state index in [1.54, 1.807) is 0 Å². The largest absolute Gasteiger partial charge is 0.338 e. The minimum atomic E-state index is -0.883. The first-order valence-corrected chi connectivity index (χ1v) is 14.6. The van der Waals surface area contributed by atoms with Crippen molar-refractivity contribution in [2.45, 2.75) is 62.8 Å². The Bertz CT molecular complexity index is 1470. The van der Waals surface area contributed by atoms with E-state index in [0.29, 0.717) is 24.3 Å². The van der Waals surface area contributed by atoms with E-state index in [0.717, 1.165) is 45.1 Å². The number of rotatable bonds is 6. The molecule has 0 bridgehead atoms. The van der Waals surface area contributed by atoms with Crippen LogP contribution in [0.3, 0.4) is 0 Å². The maximum atomic E-state index is 13.4. The summed E-state index contributed by atoms with van der Waals surface area (Å²) in [6, 6.07) is 23.7. The Hall–Kier alpha value is -3.20. The Labute approximate surface area is 236 Å². The van der Waals surface area contributed by atoms with Crippen LogP contribution >= 0.6 is 22.6 Å². The van der Waals surface area contributed by atoms with Crippen LogP contribution in [0, 0.1) is 3.57 Å². The van der Waals surface area contributed by atoms with Crippen molar-refractivity contribution in [1.29, 1.82) is 0 Å². The molecule has 1 heterocycles. The molecule has 0 aliphatic heterocycles. The average Bonchev–Trinajstić information content (AvgIpc) is 3.31. The topological polar surface area (TPSA) is 76.0 Å². The molecule has 2 aliphatic carbocycles. The lowest BCUT2D eigenvalue weighted by Gasteiger charge is -2.40. The molecule has 4 aromatic rings. The fourth-order valence-electron chi connectivity index (χ4n) is 5.80. The third-order valence-electron chi connectivity index (χ3n) is 8.06. The number of para-hydroxylation sites is 1. The highest BCUT2D eigenvalue weighted by Gasteiger charge is 2.45. The summed E-state index contributed by atoms with van der Waals surface area (Å²) in [5.41, 5.74) is 3.47. The fraction of sp³-hybridized carbons (Fsp3) is 0.323. The van der Waals surface area contributed by atoms with E-state index in [9.17, 15) is 9.59 Å². The van der Waals surface area contributed by atoms with Gasteiger partial charge in [0, 0.05) is 26.1 Å². The maximum absolute atomic E-state index is 13.4. The van der Waals surface area contributed by atoms with Gasteiger partial charge in [-0.2, -0.15) is 5.10 Å². The molecule has 0 unspecified atom stereocenters. The number of hydrogen-bond acceptors (Lipinski definition) is 3. The van der Waals surface area contributed by atoms with Gasteiger partial charge in [-0.1, -0.05) is 43.5 Å². The van der Waals surface area contributed by atoms with E-state index in [-0.39, 0.29) is 11.8 Å². The highest BCUT2D eigenvalue weighted by atomic mass is 127. The van der Waals surface area contributed by atoms with Gasteiger partial charge in [-0.25, -0.2) is 4.68 Å². The SMILES string of the molecule is O=C(NC1(C(=O)Nc2ccc(I)cc2)CCC1)c1ccc2c(C3CCCCC3)n(-c3ccccc3)nc2c1. The molecule has 2 N–H and O–H groups in total. The van der Waals surface area contributed by atoms with Crippen molar-refractivity contribution in [3.63, 3.8) is 0 Å². The Morgan fingerprint density at radius 2 is 1.63 bits per heavy atom. The Morgan fingerprint density at radius 3 is 2.32 bits per heavy atom. The van der Waals surface area contributed by atoms with Crippen molar-refractivity contribution in [3.05, 3.63) is 87.6 Å². The van der Waals surface area contributed by atoms with Gasteiger partial charge in [0.05, 0.1) is 16.9 Å². The zero-order valence-corrected chi connectivity index (χ0v) is 23.4. The summed E-state index contributed by atoms with van der Waals surface area (Å²) < 4.78 is 3.17. The number of carbonyl (C=O) groups is 2. The minimum absolute atomic E-state index is 0.160. The number of nitrogens with zero attached hydrogens (tertiary/aromatic N) is 2. The number of halogens is 1. The van der Waals surface area contributed by atoms with Crippen molar-refractivity contribution in [1.82, 2.24) is 15.1 Å². The van der Waals surface area contributed by atoms with Gasteiger partial charge in [-0.3, -0.25) is 9.59 Å². The predicted molar refractivity (Wildman–Crippen MR) is 159 cm³/mol. The first kappa shape index (κ1) is 25.1. The third kappa shape index (κ3) is 4.84. The van der Waals surface area contributed by atoms with Crippen LogP contribution in [0.25, 0.3) is 16.6 Å². The minimum Gasteiger partial charge on any atom is -0.338 e. The maximum Gasteiger partial charge on any atom is 0.252 e. The van der Waals surface area contributed by atoms with Crippen LogP contribution in [-0.4, -0.2) is 27.1 Å². The van der Waals surface area contributed by atoms with Gasteiger partial charge in [-0.15, -0.1) is 0 Å². The molecule has 2 saturated carbocycles. The van der Waals surface area contributed by atoms with Crippen LogP contribution in [0.1, 0.15) is 73.3 Å². The number of hydrogen-bond donors (Lipinski definition) is 2. The summed E-state index contributed by atoms with van der Waals surface area (Å²) in [7, 11) is 0. The molecular weight excluding hydrogens is 587 g/mol. The van der Waals surface area contributed by atoms with Crippen LogP contribution in [0.2, 0.25) is 0 Å². The molecule has 0 atom stereocenters. The summed E-state index contributed by atoms with van der Waals surface area (Å²) in [6.07, 6.45) is 8.25. The number of anilines is 1. The van der Waals surface area contributed by atoms with Gasteiger partial charge in [0.2, 0.25) is 5.91 Å². The number of fused-ring (bicyclic) bond motifs is 1. The molecule has 6 rings (SSSR count). The van der Waals surface area contributed by atoms with Gasteiger partial charge in [-0.05, 0) is 103 Å². The van der Waals surface area contributed by atoms with Gasteiger partial charge >= 0.3 is 0 Å². The molecule has 1 aromatic heterocycles. The number of benzene rings is 3. The highest BCUT2D eigenvalue weighted by Crippen LogP contribution is 2.38. The molecule has 2 aliphatic rings. The summed E-state index contributed by atoms with van der Waals surface area (Å²) in [6.45, 7) is 0. The standard InChI is InChI=1S/C31H31IN4O2/c32-23-13-15-24(16-14-23)33-30(38)31(18-7-19-31)34-29(37)22-12-17-26-27(20-22)35-36(25-10-5-2-6-11-25)28(26)21-8-3-1-4-9-21/h2,5-6,10-17,20-21H,1,3-4,7-9,18-19H2,(H,33,38)(H,34,37). The lowest BCUT2D eigenvalue weighted by molar-refractivity contribution is -0.125. The molecule has 6 nitrogen and oxygen atoms in total. The quantitative estimate of drug-likeness (QED) is 0.229. The molecule has 2 fully saturated rings. The van der Waals surface area contributed by atoms with Crippen molar-refractivity contribution < 1.29 is 9.59 Å². The molecule has 0 saturated heterocycles. The molecule has 2 amide bonds. The fourth-order valence-corrected chi connectivity index (χ4v) is 6.15. The summed E-state index contributed by atoms with van der Waals surface area (Å²) in [5.74, 6) is 0.0574. The molecular formula is C31H31IN4O2. The summed E-state index contributed by atoms with van der Waals surface area (Å²) in [5, 5.41) is 12.2. The van der Waals surface area contributed by atoms with Gasteiger partial charge in [0.25, 0.3) is 5.91 Å². The number of amides is 2. The smallest absolute Gasteiger partial charge is 0.252 e. The number of carbonyl (C=O) groups excluding carboxylic acids is 2. The Morgan fingerprint density at radius 1 is 0.895 bits per heavy atom. The van der Waals surface area contributed by atoms with Crippen molar-refractivity contribution in [3.8, 4) is 5.69 Å². The first-order valence-electron chi connectivity index (χ1n) is 13.5. The van der Waals surface area contributed by atoms with Crippen LogP contribution in [0.5, 0.6) is 0 Å². The van der Waals surface area contributed by atoms with E-state index in [4.69, 9.17) is 5.10 Å². The second kappa shape index (κ2) is 10.5. The van der Waals surface area contributed by atoms with Gasteiger partial charge in [0.15, 0.2) is 0 Å². The number of nitrogens with one attached hydrogen (secondary N) is 2. The molecule has 7 heteroatoms. The van der Waals surface area contributed by atoms with Crippen molar-refractivity contribution in [2.24, 2.45) is 0 Å². The van der Waals surface area contributed by atoms with E-state index in [2.05, 4.69) is 50.0 Å². The Balaban J connectivity index is 1.28. The second-order valence-corrected chi connectivity index (χ2v) is 11.8. The predicted octanol–water partition coefficient (Wildman–Crippen LogP) is 6.97. The third-order valence-corrected chi connectivity index (χ3v) is 8.78. The lowest BCUT2D eigenvalue weighted by atomic mass is 9.75. The molecule has 0 radical (unpaired) electrons. The van der Waals surface area contributed by atoms with Crippen LogP contribution < -0.4 is 10.6 Å². The first-order chi connectivity index (χ1) is 18.5. The van der Waals surface area contributed by atoms with E-state index >= 15 is 0 Å². The Kier molecular flexibility index (Phi) is 6.95. The second-order valence-electron chi connectivity index (χ2n) is 10.6. The zero-order valence-electron chi connectivity index (χ0n) is 21.3. The zero-order chi connectivity index (χ0) is 26.1. The van der Waals surface area contributed by atoms with E-state index < -0.39 is 5.54 Å². The number of aromatic nitrogens is 2. The molecule has 194 valence electrons. The summed E-state index contributed by atoms with van der Waals surface area (Å²) >= 11 is 2.24. The summed E-state index contributed by atoms with van der Waals surface area (Å²) in [4.78, 5) is 26.7. The van der Waals surface area contributed by atoms with Crippen LogP contribution in [0.15, 0.2) is 72.8 Å². The average molecular weight is 619 g/mol.